The van der Waals surface area contributed by atoms with Crippen LogP contribution in [0.4, 0.5) is 0 Å². The summed E-state index contributed by atoms with van der Waals surface area (Å²) in [6.45, 7) is 6.30. The molecule has 0 radical (unpaired) electrons. The Bertz CT molecular complexity index is 354. The van der Waals surface area contributed by atoms with Gasteiger partial charge in [0.2, 0.25) is 0 Å². The molecule has 1 aromatic rings. The Labute approximate surface area is 109 Å². The van der Waals surface area contributed by atoms with Gasteiger partial charge in [0.05, 0.1) is 12.3 Å². The maximum absolute atomic E-state index is 11.8. The Morgan fingerprint density at radius 3 is 2.78 bits per heavy atom. The molecule has 2 unspecified atom stereocenters. The van der Waals surface area contributed by atoms with Gasteiger partial charge in [0.25, 0.3) is 0 Å². The number of nitrogens with one attached hydrogen (secondary N) is 1. The monoisotopic (exact) mass is 250 g/mol. The lowest BCUT2D eigenvalue weighted by Crippen LogP contribution is -2.39. The van der Waals surface area contributed by atoms with Gasteiger partial charge in [0, 0.05) is 12.2 Å². The second-order valence-electron chi connectivity index (χ2n) is 4.24. The maximum atomic E-state index is 11.8. The molecule has 0 saturated heterocycles. The molecular weight excluding hydrogens is 228 g/mol. The number of carbonyl (C=O) groups excluding carboxylic acids is 1. The lowest BCUT2D eigenvalue weighted by molar-refractivity contribution is -0.146. The fraction of sp³-hybridized carbons (Fsp3) is 0.571. The first kappa shape index (κ1) is 14.6. The maximum Gasteiger partial charge on any atom is 0.323 e. The van der Waals surface area contributed by atoms with Crippen LogP contribution in [0, 0.1) is 0 Å². The molecule has 4 nitrogen and oxygen atoms in total. The highest BCUT2D eigenvalue weighted by molar-refractivity contribution is 5.75. The zero-order valence-electron chi connectivity index (χ0n) is 11.3. The van der Waals surface area contributed by atoms with Crippen molar-refractivity contribution in [3.63, 3.8) is 0 Å². The van der Waals surface area contributed by atoms with Gasteiger partial charge in [-0.25, -0.2) is 0 Å². The summed E-state index contributed by atoms with van der Waals surface area (Å²) in [6.07, 6.45) is 3.47. The Morgan fingerprint density at radius 2 is 2.22 bits per heavy atom. The predicted molar refractivity (Wildman–Crippen MR) is 71.1 cm³/mol. The van der Waals surface area contributed by atoms with Gasteiger partial charge < -0.3 is 4.74 Å². The minimum atomic E-state index is -0.257. The van der Waals surface area contributed by atoms with E-state index < -0.39 is 0 Å². The molecule has 0 amide bonds. The molecule has 0 aliphatic carbocycles. The normalized spacial score (nSPS) is 13.9. The highest BCUT2D eigenvalue weighted by Crippen LogP contribution is 2.11. The zero-order valence-corrected chi connectivity index (χ0v) is 11.3. The topological polar surface area (TPSA) is 51.2 Å². The van der Waals surface area contributed by atoms with Crippen molar-refractivity contribution in [3.8, 4) is 0 Å². The van der Waals surface area contributed by atoms with Gasteiger partial charge in [0.1, 0.15) is 6.04 Å². The molecule has 4 heteroatoms. The van der Waals surface area contributed by atoms with Crippen molar-refractivity contribution >= 4 is 5.97 Å². The van der Waals surface area contributed by atoms with Crippen molar-refractivity contribution in [3.05, 3.63) is 30.1 Å². The summed E-state index contributed by atoms with van der Waals surface area (Å²) in [6, 6.07) is 5.55. The van der Waals surface area contributed by atoms with Crippen LogP contribution in [0.1, 0.15) is 45.3 Å². The molecule has 2 atom stereocenters. The average molecular weight is 250 g/mol. The van der Waals surface area contributed by atoms with Crippen LogP contribution >= 0.6 is 0 Å². The Morgan fingerprint density at radius 1 is 1.44 bits per heavy atom. The molecule has 1 rings (SSSR count). The van der Waals surface area contributed by atoms with Crippen LogP contribution in [0.5, 0.6) is 0 Å². The summed E-state index contributed by atoms with van der Waals surface area (Å²) < 4.78 is 5.07. The molecule has 0 fully saturated rings. The van der Waals surface area contributed by atoms with Gasteiger partial charge in [-0.3, -0.25) is 15.1 Å². The second kappa shape index (κ2) is 7.82. The first-order chi connectivity index (χ1) is 8.69. The van der Waals surface area contributed by atoms with E-state index in [2.05, 4.69) is 17.2 Å². The van der Waals surface area contributed by atoms with Crippen molar-refractivity contribution in [1.29, 1.82) is 0 Å². The molecule has 0 bridgehead atoms. The number of carbonyl (C=O) groups is 1. The third-order valence-electron chi connectivity index (χ3n) is 2.73. The van der Waals surface area contributed by atoms with E-state index in [1.807, 2.05) is 32.0 Å². The molecule has 0 saturated carbocycles. The van der Waals surface area contributed by atoms with E-state index in [4.69, 9.17) is 4.74 Å². The highest BCUT2D eigenvalue weighted by Gasteiger charge is 2.21. The van der Waals surface area contributed by atoms with Crippen LogP contribution in [-0.4, -0.2) is 23.6 Å². The summed E-state index contributed by atoms with van der Waals surface area (Å²) in [5.74, 6) is -0.179. The van der Waals surface area contributed by atoms with E-state index in [1.165, 1.54) is 0 Å². The van der Waals surface area contributed by atoms with Crippen molar-refractivity contribution in [2.75, 3.05) is 6.61 Å². The Hall–Kier alpha value is -1.42. The van der Waals surface area contributed by atoms with E-state index in [-0.39, 0.29) is 18.1 Å². The molecule has 1 N–H and O–H groups in total. The highest BCUT2D eigenvalue weighted by atomic mass is 16.5. The van der Waals surface area contributed by atoms with Crippen LogP contribution in [-0.2, 0) is 9.53 Å². The molecule has 100 valence electrons. The third-order valence-corrected chi connectivity index (χ3v) is 2.73. The van der Waals surface area contributed by atoms with E-state index >= 15 is 0 Å². The van der Waals surface area contributed by atoms with Crippen LogP contribution in [0.3, 0.4) is 0 Å². The van der Waals surface area contributed by atoms with E-state index in [9.17, 15) is 4.79 Å². The fourth-order valence-corrected chi connectivity index (χ4v) is 1.82. The van der Waals surface area contributed by atoms with Gasteiger partial charge in [-0.2, -0.15) is 0 Å². The standard InChI is InChI=1S/C14H22N2O2/c1-4-8-13(14(17)18-5-2)16-11(3)12-9-6-7-10-15-12/h6-7,9-11,13,16H,4-5,8H2,1-3H3. The number of hydrogen-bond donors (Lipinski definition) is 1. The van der Waals surface area contributed by atoms with Gasteiger partial charge in [-0.1, -0.05) is 19.4 Å². The molecular formula is C14H22N2O2. The number of nitrogens with zero attached hydrogens (tertiary/aromatic N) is 1. The molecule has 0 aliphatic heterocycles. The predicted octanol–water partition coefficient (Wildman–Crippen LogP) is 2.46. The first-order valence-electron chi connectivity index (χ1n) is 6.52. The van der Waals surface area contributed by atoms with Crippen molar-refractivity contribution in [1.82, 2.24) is 10.3 Å². The SMILES string of the molecule is CCCC(NC(C)c1ccccn1)C(=O)OCC. The molecule has 0 aromatic carbocycles. The largest absolute Gasteiger partial charge is 0.465 e. The van der Waals surface area contributed by atoms with Crippen molar-refractivity contribution in [2.24, 2.45) is 0 Å². The Balaban J connectivity index is 2.63. The van der Waals surface area contributed by atoms with Crippen LogP contribution < -0.4 is 5.32 Å². The number of aromatic nitrogens is 1. The van der Waals surface area contributed by atoms with Crippen LogP contribution in [0.25, 0.3) is 0 Å². The average Bonchev–Trinajstić information content (AvgIpc) is 2.39. The van der Waals surface area contributed by atoms with Gasteiger partial charge in [-0.05, 0) is 32.4 Å². The molecule has 0 aliphatic rings. The Kier molecular flexibility index (Phi) is 6.36. The number of pyridine rings is 1. The quantitative estimate of drug-likeness (QED) is 0.755. The zero-order chi connectivity index (χ0) is 13.4. The van der Waals surface area contributed by atoms with Gasteiger partial charge in [-0.15, -0.1) is 0 Å². The molecule has 18 heavy (non-hydrogen) atoms. The van der Waals surface area contributed by atoms with Crippen molar-refractivity contribution < 1.29 is 9.53 Å². The first-order valence-corrected chi connectivity index (χ1v) is 6.52. The lowest BCUT2D eigenvalue weighted by atomic mass is 10.1. The number of rotatable bonds is 7. The third kappa shape index (κ3) is 4.45. The van der Waals surface area contributed by atoms with E-state index in [0.717, 1.165) is 18.5 Å². The lowest BCUT2D eigenvalue weighted by Gasteiger charge is -2.21. The van der Waals surface area contributed by atoms with Gasteiger partial charge >= 0.3 is 5.97 Å². The fourth-order valence-electron chi connectivity index (χ4n) is 1.82. The van der Waals surface area contributed by atoms with Gasteiger partial charge in [0.15, 0.2) is 0 Å². The number of hydrogen-bond acceptors (Lipinski definition) is 4. The summed E-state index contributed by atoms with van der Waals surface area (Å²) in [7, 11) is 0. The molecule has 0 spiro atoms. The van der Waals surface area contributed by atoms with E-state index in [0.29, 0.717) is 6.61 Å². The summed E-state index contributed by atoms with van der Waals surface area (Å²) >= 11 is 0. The number of ether oxygens (including phenoxy) is 1. The second-order valence-corrected chi connectivity index (χ2v) is 4.24. The van der Waals surface area contributed by atoms with E-state index in [1.54, 1.807) is 6.20 Å². The van der Waals surface area contributed by atoms with Crippen LogP contribution in [0.2, 0.25) is 0 Å². The molecule has 1 aromatic heterocycles. The van der Waals surface area contributed by atoms with Crippen molar-refractivity contribution in [2.45, 2.75) is 45.7 Å². The number of esters is 1. The minimum Gasteiger partial charge on any atom is -0.465 e. The minimum absolute atomic E-state index is 0.0344. The molecule has 1 heterocycles. The summed E-state index contributed by atoms with van der Waals surface area (Å²) in [4.78, 5) is 16.1. The smallest absolute Gasteiger partial charge is 0.323 e. The summed E-state index contributed by atoms with van der Waals surface area (Å²) in [5, 5.41) is 3.28. The summed E-state index contributed by atoms with van der Waals surface area (Å²) in [5.41, 5.74) is 0.933. The van der Waals surface area contributed by atoms with Crippen LogP contribution in [0.15, 0.2) is 24.4 Å².